The minimum Gasteiger partial charge on any atom is -0.483 e. The van der Waals surface area contributed by atoms with Gasteiger partial charge in [-0.15, -0.1) is 11.3 Å². The van der Waals surface area contributed by atoms with E-state index in [1.807, 2.05) is 0 Å². The van der Waals surface area contributed by atoms with Gasteiger partial charge in [-0.1, -0.05) is 19.3 Å². The summed E-state index contributed by atoms with van der Waals surface area (Å²) in [6.45, 7) is 6.77. The van der Waals surface area contributed by atoms with Gasteiger partial charge in [0.2, 0.25) is 5.91 Å². The van der Waals surface area contributed by atoms with Crippen molar-refractivity contribution in [2.24, 2.45) is 11.3 Å². The molecule has 1 N–H and O–H groups in total. The second-order valence-corrected chi connectivity index (χ2v) is 9.31. The van der Waals surface area contributed by atoms with Gasteiger partial charge in [-0.2, -0.15) is 0 Å². The molecule has 2 aliphatic heterocycles. The molecule has 1 amide bonds. The molecule has 4 rings (SSSR count). The summed E-state index contributed by atoms with van der Waals surface area (Å²) in [4.78, 5) is 30.5. The highest BCUT2D eigenvalue weighted by molar-refractivity contribution is 7.09. The maximum absolute atomic E-state index is 12.9. The Hall–Kier alpha value is -1.47. The Morgan fingerprint density at radius 2 is 2.04 bits per heavy atom. The number of aromatic nitrogens is 1. The molecule has 1 aliphatic carbocycles. The summed E-state index contributed by atoms with van der Waals surface area (Å²) in [7, 11) is 0. The number of piperidine rings is 1. The summed E-state index contributed by atoms with van der Waals surface area (Å²) in [5, 5.41) is 10.2. The highest BCUT2D eigenvalue weighted by Gasteiger charge is 2.53. The molecule has 150 valence electrons. The van der Waals surface area contributed by atoms with E-state index in [-0.39, 0.29) is 11.9 Å². The third-order valence-electron chi connectivity index (χ3n) is 6.15. The van der Waals surface area contributed by atoms with Gasteiger partial charge in [0.1, 0.15) is 0 Å². The molecular formula is C20H31N3O3S. The highest BCUT2D eigenvalue weighted by Crippen LogP contribution is 2.41. The first-order valence-corrected chi connectivity index (χ1v) is 10.9. The average molecular weight is 394 g/mol. The Balaban J connectivity index is 0.000000659. The number of amides is 1. The first kappa shape index (κ1) is 20.3. The topological polar surface area (TPSA) is 73.7 Å². The molecule has 1 saturated carbocycles. The summed E-state index contributed by atoms with van der Waals surface area (Å²) >= 11 is 1.72. The van der Waals surface area contributed by atoms with Gasteiger partial charge >= 0.3 is 0 Å². The molecule has 6 nitrogen and oxygen atoms in total. The third-order valence-corrected chi connectivity index (χ3v) is 6.97. The number of carboxylic acid groups (broad SMARTS) is 1. The number of β-lactam (4-membered cyclic amide) rings is 1. The number of nitrogens with zero attached hydrogens (tertiary/aromatic N) is 3. The first-order chi connectivity index (χ1) is 13.1. The molecule has 0 radical (unpaired) electrons. The van der Waals surface area contributed by atoms with Crippen LogP contribution in [0.2, 0.25) is 0 Å². The smallest absolute Gasteiger partial charge is 0.290 e. The first-order valence-electron chi connectivity index (χ1n) is 10.1. The van der Waals surface area contributed by atoms with Crippen LogP contribution in [0.4, 0.5) is 0 Å². The molecule has 27 heavy (non-hydrogen) atoms. The molecule has 1 aromatic heterocycles. The molecule has 1 aromatic rings. The van der Waals surface area contributed by atoms with E-state index >= 15 is 0 Å². The Bertz CT molecular complexity index is 644. The fourth-order valence-electron chi connectivity index (χ4n) is 4.95. The zero-order valence-corrected chi connectivity index (χ0v) is 17.0. The van der Waals surface area contributed by atoms with Gasteiger partial charge in [0.05, 0.1) is 16.1 Å². The average Bonchev–Trinajstić information content (AvgIpc) is 3.08. The van der Waals surface area contributed by atoms with E-state index < -0.39 is 0 Å². The standard InChI is InChI=1S/C19H29N3OS.CH2O2/c1-15-20-17(12-24-15)11-21-9-5-8-19(13-21)14-22(18(19)23)10-16-6-3-2-4-7-16;2-1-3/h12,16H,2-11,13-14H2,1H3;1H,(H,2,3). The van der Waals surface area contributed by atoms with Crippen LogP contribution in [0.3, 0.4) is 0 Å². The largest absolute Gasteiger partial charge is 0.483 e. The Morgan fingerprint density at radius 1 is 1.30 bits per heavy atom. The van der Waals surface area contributed by atoms with Crippen LogP contribution in [0.1, 0.15) is 55.6 Å². The van der Waals surface area contributed by atoms with Gasteiger partial charge in [0, 0.05) is 31.6 Å². The predicted molar refractivity (Wildman–Crippen MR) is 106 cm³/mol. The number of hydrogen-bond donors (Lipinski definition) is 1. The number of rotatable bonds is 4. The van der Waals surface area contributed by atoms with Crippen LogP contribution < -0.4 is 0 Å². The van der Waals surface area contributed by atoms with Gasteiger partial charge in [0.25, 0.3) is 6.47 Å². The molecule has 7 heteroatoms. The van der Waals surface area contributed by atoms with E-state index in [1.54, 1.807) is 11.3 Å². The lowest BCUT2D eigenvalue weighted by Gasteiger charge is -2.54. The van der Waals surface area contributed by atoms with Crippen molar-refractivity contribution in [3.05, 3.63) is 16.1 Å². The predicted octanol–water partition coefficient (Wildman–Crippen LogP) is 3.16. The van der Waals surface area contributed by atoms with Crippen LogP contribution in [0.25, 0.3) is 0 Å². The Kier molecular flexibility index (Phi) is 6.87. The van der Waals surface area contributed by atoms with E-state index in [0.717, 1.165) is 56.5 Å². The molecule has 3 aliphatic rings. The molecular weight excluding hydrogens is 362 g/mol. The molecule has 2 saturated heterocycles. The Morgan fingerprint density at radius 3 is 2.67 bits per heavy atom. The summed E-state index contributed by atoms with van der Waals surface area (Å²) in [5.74, 6) is 1.20. The lowest BCUT2D eigenvalue weighted by molar-refractivity contribution is -0.167. The molecule has 1 unspecified atom stereocenters. The summed E-state index contributed by atoms with van der Waals surface area (Å²) in [6, 6.07) is 0. The molecule has 3 fully saturated rings. The van der Waals surface area contributed by atoms with E-state index in [2.05, 4.69) is 27.1 Å². The fraction of sp³-hybridized carbons (Fsp3) is 0.750. The quantitative estimate of drug-likeness (QED) is 0.628. The van der Waals surface area contributed by atoms with Crippen LogP contribution in [-0.4, -0.2) is 58.4 Å². The van der Waals surface area contributed by atoms with Crippen LogP contribution in [-0.2, 0) is 16.1 Å². The van der Waals surface area contributed by atoms with Crippen molar-refractivity contribution in [1.82, 2.24) is 14.8 Å². The van der Waals surface area contributed by atoms with Gasteiger partial charge < -0.3 is 10.0 Å². The highest BCUT2D eigenvalue weighted by atomic mass is 32.1. The molecule has 0 aromatic carbocycles. The van der Waals surface area contributed by atoms with Crippen molar-refractivity contribution in [2.45, 2.75) is 58.4 Å². The summed E-state index contributed by atoms with van der Waals surface area (Å²) in [5.41, 5.74) is 1.10. The molecule has 3 heterocycles. The van der Waals surface area contributed by atoms with E-state index in [9.17, 15) is 4.79 Å². The second kappa shape index (κ2) is 9.15. The Labute approximate surface area is 165 Å². The number of carbonyl (C=O) groups excluding carboxylic acids is 1. The molecule has 1 atom stereocenters. The van der Waals surface area contributed by atoms with Gasteiger partial charge in [-0.05, 0) is 45.1 Å². The van der Waals surface area contributed by atoms with Crippen LogP contribution >= 0.6 is 11.3 Å². The fourth-order valence-corrected chi connectivity index (χ4v) is 5.56. The minimum atomic E-state index is -0.250. The van der Waals surface area contributed by atoms with Crippen LogP contribution in [0.15, 0.2) is 5.38 Å². The third kappa shape index (κ3) is 4.88. The van der Waals surface area contributed by atoms with Crippen LogP contribution in [0.5, 0.6) is 0 Å². The normalized spacial score (nSPS) is 26.4. The number of carbonyl (C=O) groups is 2. The SMILES string of the molecule is Cc1nc(CN2CCCC3(C2)CN(CC2CCCCC2)C3=O)cs1.O=CO. The number of hydrogen-bond acceptors (Lipinski definition) is 5. The zero-order valence-electron chi connectivity index (χ0n) is 16.2. The van der Waals surface area contributed by atoms with E-state index in [1.165, 1.54) is 37.8 Å². The van der Waals surface area contributed by atoms with E-state index in [0.29, 0.717) is 5.91 Å². The molecule has 0 bridgehead atoms. The maximum Gasteiger partial charge on any atom is 0.290 e. The van der Waals surface area contributed by atoms with Gasteiger partial charge in [-0.3, -0.25) is 14.5 Å². The summed E-state index contributed by atoms with van der Waals surface area (Å²) < 4.78 is 0. The van der Waals surface area contributed by atoms with Crippen molar-refractivity contribution in [3.8, 4) is 0 Å². The van der Waals surface area contributed by atoms with Gasteiger partial charge in [-0.25, -0.2) is 4.98 Å². The monoisotopic (exact) mass is 393 g/mol. The number of aryl methyl sites for hydroxylation is 1. The zero-order chi connectivity index (χ0) is 19.3. The number of thiazole rings is 1. The lowest BCUT2D eigenvalue weighted by atomic mass is 9.71. The van der Waals surface area contributed by atoms with Crippen molar-refractivity contribution >= 4 is 23.7 Å². The van der Waals surface area contributed by atoms with Crippen molar-refractivity contribution in [1.29, 1.82) is 0 Å². The van der Waals surface area contributed by atoms with Crippen LogP contribution in [0, 0.1) is 18.3 Å². The van der Waals surface area contributed by atoms with Crippen molar-refractivity contribution in [2.75, 3.05) is 26.2 Å². The van der Waals surface area contributed by atoms with Crippen molar-refractivity contribution < 1.29 is 14.7 Å². The van der Waals surface area contributed by atoms with Crippen molar-refractivity contribution in [3.63, 3.8) is 0 Å². The minimum absolute atomic E-state index is 0.0714. The summed E-state index contributed by atoms with van der Waals surface area (Å²) in [6.07, 6.45) is 8.99. The lowest BCUT2D eigenvalue weighted by Crippen LogP contribution is -2.67. The van der Waals surface area contributed by atoms with Gasteiger partial charge in [0.15, 0.2) is 0 Å². The molecule has 1 spiro atoms. The second-order valence-electron chi connectivity index (χ2n) is 8.25. The van der Waals surface area contributed by atoms with E-state index in [4.69, 9.17) is 9.90 Å². The number of likely N-dealkylation sites (tertiary alicyclic amines) is 2. The maximum atomic E-state index is 12.9.